The molecule has 0 fully saturated rings. The summed E-state index contributed by atoms with van der Waals surface area (Å²) in [7, 11) is 0. The quantitative estimate of drug-likeness (QED) is 0.941. The van der Waals surface area contributed by atoms with E-state index in [4.69, 9.17) is 4.74 Å². The van der Waals surface area contributed by atoms with Crippen molar-refractivity contribution in [2.75, 3.05) is 13.3 Å². The van der Waals surface area contributed by atoms with Gasteiger partial charge < -0.3 is 20.3 Å². The van der Waals surface area contributed by atoms with Crippen LogP contribution >= 0.6 is 0 Å². The normalized spacial score (nSPS) is 17.4. The summed E-state index contributed by atoms with van der Waals surface area (Å²) >= 11 is 0. The van der Waals surface area contributed by atoms with Gasteiger partial charge in [0.2, 0.25) is 0 Å². The highest BCUT2D eigenvalue weighted by atomic mass is 16.6. The van der Waals surface area contributed by atoms with Crippen LogP contribution in [0.1, 0.15) is 29.8 Å². The van der Waals surface area contributed by atoms with Crippen molar-refractivity contribution in [1.82, 2.24) is 10.4 Å². The number of ether oxygens (including phenoxy) is 1. The van der Waals surface area contributed by atoms with Crippen LogP contribution in [0.2, 0.25) is 0 Å². The molecule has 0 saturated heterocycles. The minimum atomic E-state index is -0.842. The molecule has 1 aliphatic rings. The number of alkyl carbamates (subject to hydrolysis) is 1. The molecule has 24 heavy (non-hydrogen) atoms. The Morgan fingerprint density at radius 3 is 2.71 bits per heavy atom. The molecule has 3 rings (SSSR count). The number of nitrogens with one attached hydrogen (secondary N) is 1. The first-order valence-electron chi connectivity index (χ1n) is 7.77. The van der Waals surface area contributed by atoms with Gasteiger partial charge >= 0.3 is 6.09 Å². The number of fused-ring (bicyclic) bond motifs is 1. The molecule has 0 bridgehead atoms. The number of carbonyl (C=O) groups is 1. The molecule has 0 spiro atoms. The molecule has 0 aliphatic carbocycles. The molecular formula is C18H18N3O3-. The van der Waals surface area contributed by atoms with E-state index in [1.807, 2.05) is 54.6 Å². The van der Waals surface area contributed by atoms with Gasteiger partial charge in [-0.15, -0.1) is 0 Å². The Morgan fingerprint density at radius 1 is 1.25 bits per heavy atom. The van der Waals surface area contributed by atoms with Crippen LogP contribution in [-0.2, 0) is 4.74 Å². The Kier molecular flexibility index (Phi) is 4.88. The third-order valence-electron chi connectivity index (χ3n) is 3.74. The third-order valence-corrected chi connectivity index (χ3v) is 3.74. The number of carbonyl (C=O) groups excluding carboxylic acids is 1. The Balaban J connectivity index is 2.02. The minimum Gasteiger partial charge on any atom is -0.782 e. The second-order valence-corrected chi connectivity index (χ2v) is 5.29. The highest BCUT2D eigenvalue weighted by Gasteiger charge is 2.24. The van der Waals surface area contributed by atoms with Crippen LogP contribution in [0.5, 0.6) is 0 Å². The first kappa shape index (κ1) is 16.2. The lowest BCUT2D eigenvalue weighted by atomic mass is 9.96. The first-order valence-corrected chi connectivity index (χ1v) is 7.77. The van der Waals surface area contributed by atoms with Gasteiger partial charge in [0.25, 0.3) is 0 Å². The van der Waals surface area contributed by atoms with Crippen molar-refractivity contribution in [3.63, 3.8) is 0 Å². The Hall–Kier alpha value is -2.70. The topological polar surface area (TPSA) is 77.0 Å². The number of amides is 1. The molecule has 6 nitrogen and oxygen atoms in total. The van der Waals surface area contributed by atoms with E-state index in [2.05, 4.69) is 10.3 Å². The molecule has 0 aromatic heterocycles. The molecule has 1 atom stereocenters. The molecule has 0 saturated carbocycles. The van der Waals surface area contributed by atoms with Gasteiger partial charge in [-0.1, -0.05) is 54.6 Å². The van der Waals surface area contributed by atoms with Gasteiger partial charge in [0.15, 0.2) is 0 Å². The second-order valence-electron chi connectivity index (χ2n) is 5.29. The largest absolute Gasteiger partial charge is 0.782 e. The number of nitrogens with zero attached hydrogens (tertiary/aromatic N) is 2. The fraction of sp³-hybridized carbons (Fsp3) is 0.222. The summed E-state index contributed by atoms with van der Waals surface area (Å²) in [5, 5.41) is 15.8. The number of hydrogen-bond acceptors (Lipinski definition) is 5. The highest BCUT2D eigenvalue weighted by Crippen LogP contribution is 2.27. The van der Waals surface area contributed by atoms with E-state index in [9.17, 15) is 10.0 Å². The van der Waals surface area contributed by atoms with E-state index in [0.29, 0.717) is 5.56 Å². The lowest BCUT2D eigenvalue weighted by Gasteiger charge is -2.35. The van der Waals surface area contributed by atoms with E-state index in [1.165, 1.54) is 0 Å². The predicted molar refractivity (Wildman–Crippen MR) is 91.5 cm³/mol. The Labute approximate surface area is 140 Å². The maximum Gasteiger partial charge on any atom is 0.408 e. The molecule has 1 unspecified atom stereocenters. The standard InChI is InChI=1S/C18H18N3O3/c1-2-24-18(22)20-17-15-11-7-6-10-14(15)16(19-12-21(17)23)13-8-4-3-5-9-13/h3-11,17H,2,12H2,1H3,(H,20,22)/q-1. The predicted octanol–water partition coefficient (Wildman–Crippen LogP) is 3.04. The molecule has 2 aromatic rings. The number of rotatable bonds is 3. The van der Waals surface area contributed by atoms with Crippen molar-refractivity contribution in [2.24, 2.45) is 4.99 Å². The van der Waals surface area contributed by atoms with Crippen LogP contribution in [0.25, 0.3) is 0 Å². The van der Waals surface area contributed by atoms with Crippen LogP contribution in [-0.4, -0.2) is 30.1 Å². The number of aliphatic imine (C=N–C) groups is 1. The summed E-state index contributed by atoms with van der Waals surface area (Å²) in [5.41, 5.74) is 3.18. The number of benzene rings is 2. The summed E-state index contributed by atoms with van der Waals surface area (Å²) in [5.74, 6) is 0. The number of hydrogen-bond donors (Lipinski definition) is 1. The zero-order valence-corrected chi connectivity index (χ0v) is 13.3. The van der Waals surface area contributed by atoms with Crippen LogP contribution < -0.4 is 5.32 Å². The first-order chi connectivity index (χ1) is 11.7. The summed E-state index contributed by atoms with van der Waals surface area (Å²) < 4.78 is 4.91. The molecule has 6 heteroatoms. The maximum absolute atomic E-state index is 12.4. The molecule has 1 N–H and O–H groups in total. The smallest absolute Gasteiger partial charge is 0.408 e. The fourth-order valence-corrected chi connectivity index (χ4v) is 2.69. The summed E-state index contributed by atoms with van der Waals surface area (Å²) in [6.45, 7) is 1.88. The highest BCUT2D eigenvalue weighted by molar-refractivity contribution is 6.14. The Morgan fingerprint density at radius 2 is 1.96 bits per heavy atom. The van der Waals surface area contributed by atoms with E-state index >= 15 is 0 Å². The van der Waals surface area contributed by atoms with Crippen molar-refractivity contribution in [1.29, 1.82) is 0 Å². The van der Waals surface area contributed by atoms with Crippen LogP contribution in [0, 0.1) is 5.21 Å². The molecule has 1 heterocycles. The van der Waals surface area contributed by atoms with Crippen molar-refractivity contribution < 1.29 is 9.53 Å². The maximum atomic E-state index is 12.4. The average molecular weight is 324 g/mol. The molecule has 0 radical (unpaired) electrons. The SMILES string of the molecule is CCOC(=O)NC1c2ccccc2C(c2ccccc2)=NCN1[O-]. The fourth-order valence-electron chi connectivity index (χ4n) is 2.69. The minimum absolute atomic E-state index is 0.0734. The van der Waals surface area contributed by atoms with E-state index in [0.717, 1.165) is 21.9 Å². The number of hydroxylamine groups is 2. The molecule has 2 aromatic carbocycles. The Bertz CT molecular complexity index is 746. The lowest BCUT2D eigenvalue weighted by Crippen LogP contribution is -2.38. The zero-order valence-electron chi connectivity index (χ0n) is 13.3. The van der Waals surface area contributed by atoms with Gasteiger partial charge in [-0.25, -0.2) is 4.79 Å². The zero-order chi connectivity index (χ0) is 16.9. The van der Waals surface area contributed by atoms with Crippen LogP contribution in [0.3, 0.4) is 0 Å². The molecular weight excluding hydrogens is 306 g/mol. The van der Waals surface area contributed by atoms with E-state index < -0.39 is 12.3 Å². The third kappa shape index (κ3) is 3.29. The van der Waals surface area contributed by atoms with Gasteiger partial charge in [-0.3, -0.25) is 4.99 Å². The van der Waals surface area contributed by atoms with Gasteiger partial charge in [0, 0.05) is 11.1 Å². The van der Waals surface area contributed by atoms with Gasteiger partial charge in [0.05, 0.1) is 19.0 Å². The monoisotopic (exact) mass is 324 g/mol. The van der Waals surface area contributed by atoms with E-state index in [1.54, 1.807) is 6.92 Å². The van der Waals surface area contributed by atoms with Crippen molar-refractivity contribution >= 4 is 11.8 Å². The van der Waals surface area contributed by atoms with E-state index in [-0.39, 0.29) is 13.3 Å². The summed E-state index contributed by atoms with van der Waals surface area (Å²) in [4.78, 5) is 16.3. The summed E-state index contributed by atoms with van der Waals surface area (Å²) in [6.07, 6.45) is -1.47. The van der Waals surface area contributed by atoms with Gasteiger partial charge in [-0.05, 0) is 12.5 Å². The summed E-state index contributed by atoms with van der Waals surface area (Å²) in [6, 6.07) is 17.1. The van der Waals surface area contributed by atoms with Gasteiger partial charge in [0.1, 0.15) is 6.17 Å². The second kappa shape index (κ2) is 7.25. The van der Waals surface area contributed by atoms with Crippen LogP contribution in [0.4, 0.5) is 4.79 Å². The van der Waals surface area contributed by atoms with Crippen molar-refractivity contribution in [2.45, 2.75) is 13.1 Å². The van der Waals surface area contributed by atoms with Crippen molar-refractivity contribution in [3.05, 3.63) is 76.5 Å². The van der Waals surface area contributed by atoms with Gasteiger partial charge in [-0.2, -0.15) is 0 Å². The molecule has 1 aliphatic heterocycles. The lowest BCUT2D eigenvalue weighted by molar-refractivity contribution is 0.133. The average Bonchev–Trinajstić information content (AvgIpc) is 2.74. The molecule has 124 valence electrons. The van der Waals surface area contributed by atoms with Crippen molar-refractivity contribution in [3.8, 4) is 0 Å². The molecule has 1 amide bonds. The van der Waals surface area contributed by atoms with Crippen LogP contribution in [0.15, 0.2) is 59.6 Å².